The molecule has 3 aromatic carbocycles. The van der Waals surface area contributed by atoms with Gasteiger partial charge < -0.3 is 24.0 Å². The van der Waals surface area contributed by atoms with Gasteiger partial charge in [0.05, 0.1) is 12.1 Å². The average molecular weight is 575 g/mol. The van der Waals surface area contributed by atoms with Crippen molar-refractivity contribution >= 4 is 28.4 Å². The van der Waals surface area contributed by atoms with Crippen LogP contribution in [0.5, 0.6) is 11.5 Å². The number of rotatable bonds is 11. The molecule has 0 spiro atoms. The van der Waals surface area contributed by atoms with Crippen LogP contribution in [0, 0.1) is 0 Å². The summed E-state index contributed by atoms with van der Waals surface area (Å²) >= 11 is 6.17. The van der Waals surface area contributed by atoms with Crippen LogP contribution in [-0.4, -0.2) is 54.4 Å². The third-order valence-corrected chi connectivity index (χ3v) is 8.44. The molecular weight excluding hydrogens is 536 g/mol. The number of aromatic hydroxyl groups is 1. The number of carbonyl (C=O) groups is 1. The lowest BCUT2D eigenvalue weighted by atomic mass is 9.94. The summed E-state index contributed by atoms with van der Waals surface area (Å²) in [5.74, 6) is 0.896. The number of halogens is 1. The van der Waals surface area contributed by atoms with Crippen molar-refractivity contribution in [2.75, 3.05) is 33.9 Å². The molecule has 1 aliphatic heterocycles. The van der Waals surface area contributed by atoms with E-state index in [9.17, 15) is 9.90 Å². The molecule has 1 atom stereocenters. The van der Waals surface area contributed by atoms with Crippen LogP contribution in [0.4, 0.5) is 0 Å². The summed E-state index contributed by atoms with van der Waals surface area (Å²) in [6.07, 6.45) is 5.32. The van der Waals surface area contributed by atoms with E-state index in [0.29, 0.717) is 18.1 Å². The Labute approximate surface area is 247 Å². The van der Waals surface area contributed by atoms with E-state index in [4.69, 9.17) is 21.1 Å². The number of hydrogen-bond donors (Lipinski definition) is 1. The van der Waals surface area contributed by atoms with Crippen LogP contribution in [-0.2, 0) is 22.5 Å². The number of likely N-dealkylation sites (tertiary alicyclic amines) is 1. The minimum atomic E-state index is -0.0521. The van der Waals surface area contributed by atoms with E-state index in [0.717, 1.165) is 69.5 Å². The van der Waals surface area contributed by atoms with Gasteiger partial charge in [-0.15, -0.1) is 0 Å². The smallest absolute Gasteiger partial charge is 0.222 e. The second kappa shape index (κ2) is 13.5. The lowest BCUT2D eigenvalue weighted by Crippen LogP contribution is -2.39. The molecule has 2 heterocycles. The molecule has 216 valence electrons. The zero-order valence-corrected chi connectivity index (χ0v) is 24.7. The van der Waals surface area contributed by atoms with Crippen molar-refractivity contribution < 1.29 is 19.4 Å². The van der Waals surface area contributed by atoms with Gasteiger partial charge in [0, 0.05) is 56.9 Å². The lowest BCUT2D eigenvalue weighted by molar-refractivity contribution is -0.132. The predicted octanol–water partition coefficient (Wildman–Crippen LogP) is 7.44. The number of amides is 1. The summed E-state index contributed by atoms with van der Waals surface area (Å²) in [6, 6.07) is 22.7. The molecule has 1 aromatic heterocycles. The number of carbonyl (C=O) groups excluding carboxylic acids is 1. The molecule has 1 N–H and O–H groups in total. The Hall–Kier alpha value is -3.48. The second-order valence-corrected chi connectivity index (χ2v) is 11.3. The predicted molar refractivity (Wildman–Crippen MR) is 165 cm³/mol. The van der Waals surface area contributed by atoms with Crippen molar-refractivity contribution in [3.05, 3.63) is 83.0 Å². The van der Waals surface area contributed by atoms with Crippen molar-refractivity contribution in [1.29, 1.82) is 0 Å². The number of methoxy groups -OCH3 is 2. The molecule has 1 aliphatic rings. The van der Waals surface area contributed by atoms with Gasteiger partial charge in [0.1, 0.15) is 0 Å². The minimum Gasteiger partial charge on any atom is -0.503 e. The zero-order chi connectivity index (χ0) is 28.8. The Kier molecular flexibility index (Phi) is 9.53. The molecule has 1 fully saturated rings. The summed E-state index contributed by atoms with van der Waals surface area (Å²) in [4.78, 5) is 15.3. The number of aromatic nitrogens is 1. The molecule has 1 saturated heterocycles. The fourth-order valence-corrected chi connectivity index (χ4v) is 6.20. The van der Waals surface area contributed by atoms with Crippen LogP contribution >= 0.6 is 11.6 Å². The quantitative estimate of drug-likeness (QED) is 0.189. The highest BCUT2D eigenvalue weighted by atomic mass is 35.5. The number of piperidine rings is 1. The maximum absolute atomic E-state index is 13.2. The monoisotopic (exact) mass is 574 g/mol. The molecule has 0 radical (unpaired) electrons. The lowest BCUT2D eigenvalue weighted by Gasteiger charge is -2.33. The van der Waals surface area contributed by atoms with E-state index < -0.39 is 0 Å². The molecule has 0 bridgehead atoms. The van der Waals surface area contributed by atoms with E-state index in [1.165, 1.54) is 29.3 Å². The van der Waals surface area contributed by atoms with Gasteiger partial charge in [0.2, 0.25) is 5.91 Å². The van der Waals surface area contributed by atoms with Crippen LogP contribution < -0.4 is 4.74 Å². The van der Waals surface area contributed by atoms with E-state index >= 15 is 0 Å². The first kappa shape index (κ1) is 29.0. The summed E-state index contributed by atoms with van der Waals surface area (Å²) in [5, 5.41) is 11.5. The zero-order valence-electron chi connectivity index (χ0n) is 23.9. The highest BCUT2D eigenvalue weighted by Gasteiger charge is 2.27. The number of para-hydroxylation sites is 1. The van der Waals surface area contributed by atoms with E-state index in [2.05, 4.69) is 51.9 Å². The second-order valence-electron chi connectivity index (χ2n) is 10.9. The molecule has 7 heteroatoms. The van der Waals surface area contributed by atoms with Crippen LogP contribution in [0.25, 0.3) is 22.0 Å². The third kappa shape index (κ3) is 6.71. The van der Waals surface area contributed by atoms with Gasteiger partial charge in [-0.25, -0.2) is 0 Å². The number of phenolic OH excluding ortho intramolecular Hbond substituents is 1. The SMILES string of the molecule is COCCCn1c(C2CCCN(C(=O)CCCc3ccc(-c4cc(Cl)c(O)c(OC)c4)cc3)C2)cc2ccccc21. The first-order chi connectivity index (χ1) is 20.0. The average Bonchev–Trinajstić information content (AvgIpc) is 3.37. The van der Waals surface area contributed by atoms with Gasteiger partial charge in [-0.2, -0.15) is 0 Å². The Bertz CT molecular complexity index is 1480. The minimum absolute atomic E-state index is 0.0521. The molecule has 41 heavy (non-hydrogen) atoms. The molecule has 5 rings (SSSR count). The molecule has 0 aliphatic carbocycles. The van der Waals surface area contributed by atoms with E-state index in [1.54, 1.807) is 19.2 Å². The normalized spacial score (nSPS) is 15.4. The number of hydrogen-bond acceptors (Lipinski definition) is 4. The number of phenols is 1. The molecule has 6 nitrogen and oxygen atoms in total. The Balaban J connectivity index is 1.18. The van der Waals surface area contributed by atoms with Crippen molar-refractivity contribution in [2.24, 2.45) is 0 Å². The van der Waals surface area contributed by atoms with Gasteiger partial charge in [0.25, 0.3) is 0 Å². The van der Waals surface area contributed by atoms with Gasteiger partial charge in [-0.05, 0) is 78.4 Å². The van der Waals surface area contributed by atoms with E-state index in [1.807, 2.05) is 12.1 Å². The standard InChI is InChI=1S/C34H39ClN2O4/c1-40-19-7-18-37-30-11-4-3-9-26(30)21-31(37)27-10-6-17-36(23-27)33(38)12-5-8-24-13-15-25(16-14-24)28-20-29(35)34(39)32(22-28)41-2/h3-4,9,11,13-16,20-22,27,39H,5-8,10,12,17-19,23H2,1-2H3. The highest BCUT2D eigenvalue weighted by molar-refractivity contribution is 6.32. The largest absolute Gasteiger partial charge is 0.503 e. The van der Waals surface area contributed by atoms with Crippen LogP contribution in [0.15, 0.2) is 66.7 Å². The maximum atomic E-state index is 13.2. The van der Waals surface area contributed by atoms with Gasteiger partial charge >= 0.3 is 0 Å². The van der Waals surface area contributed by atoms with Gasteiger partial charge in [-0.3, -0.25) is 4.79 Å². The van der Waals surface area contributed by atoms with Gasteiger partial charge in [-0.1, -0.05) is 54.1 Å². The van der Waals surface area contributed by atoms with Crippen LogP contribution in [0.3, 0.4) is 0 Å². The van der Waals surface area contributed by atoms with Gasteiger partial charge in [0.15, 0.2) is 11.5 Å². The van der Waals surface area contributed by atoms with Crippen molar-refractivity contribution in [1.82, 2.24) is 9.47 Å². The summed E-state index contributed by atoms with van der Waals surface area (Å²) < 4.78 is 13.0. The summed E-state index contributed by atoms with van der Waals surface area (Å²) in [7, 11) is 3.26. The molecule has 0 saturated carbocycles. The topological polar surface area (TPSA) is 63.9 Å². The first-order valence-electron chi connectivity index (χ1n) is 14.5. The Morgan fingerprint density at radius 1 is 1.02 bits per heavy atom. The van der Waals surface area contributed by atoms with Crippen LogP contribution in [0.2, 0.25) is 5.02 Å². The number of benzene rings is 3. The highest BCUT2D eigenvalue weighted by Crippen LogP contribution is 2.38. The third-order valence-electron chi connectivity index (χ3n) is 8.16. The Morgan fingerprint density at radius 2 is 1.83 bits per heavy atom. The molecule has 1 amide bonds. The number of fused-ring (bicyclic) bond motifs is 1. The van der Waals surface area contributed by atoms with E-state index in [-0.39, 0.29) is 16.7 Å². The molecule has 4 aromatic rings. The fraction of sp³-hybridized carbons (Fsp3) is 0.382. The van der Waals surface area contributed by atoms with Crippen molar-refractivity contribution in [3.63, 3.8) is 0 Å². The molecule has 1 unspecified atom stereocenters. The summed E-state index contributed by atoms with van der Waals surface area (Å²) in [6.45, 7) is 3.29. The number of ether oxygens (including phenoxy) is 2. The van der Waals surface area contributed by atoms with Crippen LogP contribution in [0.1, 0.15) is 49.3 Å². The maximum Gasteiger partial charge on any atom is 0.222 e. The number of nitrogens with zero attached hydrogens (tertiary/aromatic N) is 2. The van der Waals surface area contributed by atoms with Crippen molar-refractivity contribution in [3.8, 4) is 22.6 Å². The Morgan fingerprint density at radius 3 is 2.61 bits per heavy atom. The first-order valence-corrected chi connectivity index (χ1v) is 14.9. The number of aryl methyl sites for hydroxylation is 2. The summed E-state index contributed by atoms with van der Waals surface area (Å²) in [5.41, 5.74) is 5.66. The molecular formula is C34H39ClN2O4. The van der Waals surface area contributed by atoms with Crippen molar-refractivity contribution in [2.45, 2.75) is 51.0 Å². The fourth-order valence-electron chi connectivity index (χ4n) is 5.99.